The lowest BCUT2D eigenvalue weighted by molar-refractivity contribution is -0.117. The average Bonchev–Trinajstić information content (AvgIpc) is 2.56. The Bertz CT molecular complexity index is 673. The first-order valence-corrected chi connectivity index (χ1v) is 8.10. The summed E-state index contributed by atoms with van der Waals surface area (Å²) in [6, 6.07) is 7.89. The second-order valence-electron chi connectivity index (χ2n) is 6.02. The van der Waals surface area contributed by atoms with Gasteiger partial charge in [-0.1, -0.05) is 30.4 Å². The van der Waals surface area contributed by atoms with Crippen LogP contribution < -0.4 is 10.6 Å². The fraction of sp³-hybridized carbons (Fsp3) is 0.316. The summed E-state index contributed by atoms with van der Waals surface area (Å²) in [5, 5.41) is 6.36. The third kappa shape index (κ3) is 4.33. The lowest BCUT2D eigenvalue weighted by Crippen LogP contribution is -2.37. The molecule has 3 rings (SSSR count). The fourth-order valence-corrected chi connectivity index (χ4v) is 2.91. The average molecular weight is 309 g/mol. The highest BCUT2D eigenvalue weighted by atomic mass is 16.2. The second kappa shape index (κ2) is 7.29. The summed E-state index contributed by atoms with van der Waals surface area (Å²) < 4.78 is 0. The van der Waals surface area contributed by atoms with E-state index >= 15 is 0 Å². The van der Waals surface area contributed by atoms with Crippen molar-refractivity contribution in [2.24, 2.45) is 0 Å². The molecule has 4 heteroatoms. The quantitative estimate of drug-likeness (QED) is 0.898. The summed E-state index contributed by atoms with van der Waals surface area (Å²) in [6.45, 7) is 5.08. The van der Waals surface area contributed by atoms with E-state index in [1.54, 1.807) is 0 Å². The predicted molar refractivity (Wildman–Crippen MR) is 94.2 cm³/mol. The number of nitrogens with one attached hydrogen (secondary N) is 2. The van der Waals surface area contributed by atoms with Crippen molar-refractivity contribution < 1.29 is 4.79 Å². The van der Waals surface area contributed by atoms with E-state index in [0.29, 0.717) is 6.54 Å². The van der Waals surface area contributed by atoms with Crippen LogP contribution in [0.1, 0.15) is 12.0 Å². The number of carbonyl (C=O) groups is 1. The highest BCUT2D eigenvalue weighted by Crippen LogP contribution is 2.18. The maximum atomic E-state index is 12.2. The standard InChI is InChI=1S/C19H23N3O/c1-15-5-4-6-17(13-15)21-19(23)14-22-11-8-16(9-12-22)18-7-2-3-10-20-18/h2-8,13,20H,9-12,14H2,1H3,(H,21,23). The zero-order chi connectivity index (χ0) is 16.1. The van der Waals surface area contributed by atoms with Crippen LogP contribution in [0.15, 0.2) is 59.8 Å². The smallest absolute Gasteiger partial charge is 0.238 e. The number of hydrogen-bond acceptors (Lipinski definition) is 3. The molecule has 23 heavy (non-hydrogen) atoms. The Morgan fingerprint density at radius 3 is 3.00 bits per heavy atom. The molecule has 0 spiro atoms. The number of dihydropyridines is 1. The van der Waals surface area contributed by atoms with Gasteiger partial charge >= 0.3 is 0 Å². The molecular weight excluding hydrogens is 286 g/mol. The maximum Gasteiger partial charge on any atom is 0.238 e. The fourth-order valence-electron chi connectivity index (χ4n) is 2.91. The molecule has 0 fully saturated rings. The third-order valence-corrected chi connectivity index (χ3v) is 4.12. The number of hydrogen-bond donors (Lipinski definition) is 2. The molecule has 1 aromatic rings. The van der Waals surface area contributed by atoms with Crippen LogP contribution in [0.5, 0.6) is 0 Å². The third-order valence-electron chi connectivity index (χ3n) is 4.12. The van der Waals surface area contributed by atoms with Gasteiger partial charge in [-0.2, -0.15) is 0 Å². The minimum absolute atomic E-state index is 0.0467. The number of nitrogens with zero attached hydrogens (tertiary/aromatic N) is 1. The van der Waals surface area contributed by atoms with Crippen molar-refractivity contribution in [3.05, 3.63) is 65.4 Å². The van der Waals surface area contributed by atoms with Crippen LogP contribution in [0.25, 0.3) is 0 Å². The Kier molecular flexibility index (Phi) is 4.93. The molecule has 2 aliphatic rings. The molecule has 0 aromatic heterocycles. The topological polar surface area (TPSA) is 44.4 Å². The van der Waals surface area contributed by atoms with E-state index in [-0.39, 0.29) is 5.91 Å². The maximum absolute atomic E-state index is 12.2. The van der Waals surface area contributed by atoms with Crippen molar-refractivity contribution in [1.82, 2.24) is 10.2 Å². The Morgan fingerprint density at radius 2 is 2.30 bits per heavy atom. The molecule has 120 valence electrons. The summed E-state index contributed by atoms with van der Waals surface area (Å²) in [5.74, 6) is 0.0467. The minimum atomic E-state index is 0.0467. The lowest BCUT2D eigenvalue weighted by Gasteiger charge is -2.27. The van der Waals surface area contributed by atoms with E-state index < -0.39 is 0 Å². The number of rotatable bonds is 4. The lowest BCUT2D eigenvalue weighted by atomic mass is 10.0. The summed E-state index contributed by atoms with van der Waals surface area (Å²) in [4.78, 5) is 14.3. The number of allylic oxidation sites excluding steroid dienone is 3. The van der Waals surface area contributed by atoms with Gasteiger partial charge in [-0.15, -0.1) is 0 Å². The Morgan fingerprint density at radius 1 is 1.39 bits per heavy atom. The van der Waals surface area contributed by atoms with E-state index in [1.165, 1.54) is 11.3 Å². The SMILES string of the molecule is Cc1cccc(NC(=O)CN2CC=C(C3=CC=CCN3)CC2)c1. The largest absolute Gasteiger partial charge is 0.381 e. The van der Waals surface area contributed by atoms with Crippen LogP contribution in [0.2, 0.25) is 0 Å². The predicted octanol–water partition coefficient (Wildman–Crippen LogP) is 2.61. The number of anilines is 1. The number of amides is 1. The van der Waals surface area contributed by atoms with E-state index in [2.05, 4.69) is 39.8 Å². The zero-order valence-corrected chi connectivity index (χ0v) is 13.5. The summed E-state index contributed by atoms with van der Waals surface area (Å²) in [5.41, 5.74) is 4.59. The molecule has 0 unspecified atom stereocenters. The van der Waals surface area contributed by atoms with Gasteiger partial charge in [-0.3, -0.25) is 9.69 Å². The van der Waals surface area contributed by atoms with Gasteiger partial charge < -0.3 is 10.6 Å². The zero-order valence-electron chi connectivity index (χ0n) is 13.5. The van der Waals surface area contributed by atoms with Crippen LogP contribution in [0.4, 0.5) is 5.69 Å². The molecule has 4 nitrogen and oxygen atoms in total. The summed E-state index contributed by atoms with van der Waals surface area (Å²) in [6.07, 6.45) is 9.52. The monoisotopic (exact) mass is 309 g/mol. The van der Waals surface area contributed by atoms with Gasteiger partial charge in [0.15, 0.2) is 0 Å². The number of aryl methyl sites for hydroxylation is 1. The van der Waals surface area contributed by atoms with Gasteiger partial charge in [0.1, 0.15) is 0 Å². The molecule has 2 aliphatic heterocycles. The molecule has 0 saturated carbocycles. The van der Waals surface area contributed by atoms with E-state index in [1.807, 2.05) is 31.2 Å². The van der Waals surface area contributed by atoms with Gasteiger partial charge in [0.25, 0.3) is 0 Å². The first-order chi connectivity index (χ1) is 11.2. The highest BCUT2D eigenvalue weighted by Gasteiger charge is 2.17. The second-order valence-corrected chi connectivity index (χ2v) is 6.02. The highest BCUT2D eigenvalue weighted by molar-refractivity contribution is 5.92. The van der Waals surface area contributed by atoms with Crippen LogP contribution in [-0.2, 0) is 4.79 Å². The number of carbonyl (C=O) groups excluding carboxylic acids is 1. The van der Waals surface area contributed by atoms with Gasteiger partial charge in [0, 0.05) is 31.0 Å². The van der Waals surface area contributed by atoms with Gasteiger partial charge in [0.05, 0.1) is 6.54 Å². The van der Waals surface area contributed by atoms with Crippen molar-refractivity contribution in [3.8, 4) is 0 Å². The van der Waals surface area contributed by atoms with Crippen LogP contribution >= 0.6 is 0 Å². The Labute approximate surface area is 137 Å². The molecule has 1 amide bonds. The molecule has 0 atom stereocenters. The number of benzene rings is 1. The molecule has 0 bridgehead atoms. The summed E-state index contributed by atoms with van der Waals surface area (Å²) >= 11 is 0. The van der Waals surface area contributed by atoms with Crippen molar-refractivity contribution in [3.63, 3.8) is 0 Å². The molecule has 2 N–H and O–H groups in total. The van der Waals surface area contributed by atoms with Crippen molar-refractivity contribution in [1.29, 1.82) is 0 Å². The van der Waals surface area contributed by atoms with E-state index in [0.717, 1.165) is 37.3 Å². The first kappa shape index (κ1) is 15.6. The molecule has 0 saturated heterocycles. The van der Waals surface area contributed by atoms with Crippen LogP contribution in [0.3, 0.4) is 0 Å². The molecule has 1 aromatic carbocycles. The van der Waals surface area contributed by atoms with Crippen molar-refractivity contribution >= 4 is 11.6 Å². The van der Waals surface area contributed by atoms with Crippen LogP contribution in [0, 0.1) is 6.92 Å². The Hall–Kier alpha value is -2.33. The van der Waals surface area contributed by atoms with Crippen LogP contribution in [-0.4, -0.2) is 37.0 Å². The summed E-state index contributed by atoms with van der Waals surface area (Å²) in [7, 11) is 0. The van der Waals surface area contributed by atoms with E-state index in [4.69, 9.17) is 0 Å². The minimum Gasteiger partial charge on any atom is -0.381 e. The van der Waals surface area contributed by atoms with Crippen molar-refractivity contribution in [2.75, 3.05) is 31.5 Å². The first-order valence-electron chi connectivity index (χ1n) is 8.10. The van der Waals surface area contributed by atoms with Gasteiger partial charge in [-0.05, 0) is 42.7 Å². The molecule has 0 radical (unpaired) electrons. The van der Waals surface area contributed by atoms with E-state index in [9.17, 15) is 4.79 Å². The van der Waals surface area contributed by atoms with Gasteiger partial charge in [0.2, 0.25) is 5.91 Å². The van der Waals surface area contributed by atoms with Crippen molar-refractivity contribution in [2.45, 2.75) is 13.3 Å². The molecular formula is C19H23N3O. The molecule has 2 heterocycles. The van der Waals surface area contributed by atoms with Gasteiger partial charge in [-0.25, -0.2) is 0 Å². The Balaban J connectivity index is 1.52. The molecule has 0 aliphatic carbocycles. The normalized spacial score (nSPS) is 18.0.